The fraction of sp³-hybridized carbons (Fsp3) is 0.0571. The zero-order chi connectivity index (χ0) is 48.0. The third kappa shape index (κ3) is 6.00. The summed E-state index contributed by atoms with van der Waals surface area (Å²) in [6.07, 6.45) is 0. The molecule has 11 aromatic carbocycles. The molecule has 0 radical (unpaired) electrons. The molecule has 0 spiro atoms. The summed E-state index contributed by atoms with van der Waals surface area (Å²) in [6.45, 7) is 4.76. The summed E-state index contributed by atoms with van der Waals surface area (Å²) < 4.78 is 0. The number of anilines is 3. The van der Waals surface area contributed by atoms with Gasteiger partial charge in [0, 0.05) is 22.5 Å². The highest BCUT2D eigenvalue weighted by molar-refractivity contribution is 7.22. The van der Waals surface area contributed by atoms with Crippen LogP contribution in [0.4, 0.5) is 17.1 Å². The van der Waals surface area contributed by atoms with Crippen molar-refractivity contribution in [3.05, 3.63) is 306 Å². The van der Waals surface area contributed by atoms with E-state index in [1.807, 2.05) is 0 Å². The molecule has 14 rings (SSSR count). The second-order valence-corrected chi connectivity index (χ2v) is 24.1. The van der Waals surface area contributed by atoms with E-state index in [1.54, 1.807) is 0 Å². The fourth-order valence-corrected chi connectivity index (χ4v) is 18.5. The normalized spacial score (nSPS) is 14.6. The molecule has 11 aromatic rings. The third-order valence-corrected chi connectivity index (χ3v) is 21.3. The quantitative estimate of drug-likeness (QED) is 0.137. The van der Waals surface area contributed by atoms with Crippen LogP contribution in [0.15, 0.2) is 273 Å². The standard InChI is InChI=1S/C70H51NSi/c1-69(2)63-33-16-12-29-57(63)59-44-42-54(47-65(59)69)71(53-25-20-28-56(46-53)72(55-26-10-5-11-27-55)67-35-18-14-31-61(67)62-32-15-19-36-68(62)72)52-40-37-48(38-41-52)49-39-43-60-58-30-13-17-34-64(58)70(66(60)45-49,50-21-6-3-7-22-50)51-23-8-4-9-24-51/h3-47H,1-2H3. The van der Waals surface area contributed by atoms with Gasteiger partial charge in [-0.15, -0.1) is 0 Å². The fourth-order valence-electron chi connectivity index (χ4n) is 13.3. The van der Waals surface area contributed by atoms with Crippen LogP contribution in [0, 0.1) is 0 Å². The van der Waals surface area contributed by atoms with Gasteiger partial charge in [0.05, 0.1) is 5.41 Å². The second-order valence-electron chi connectivity index (χ2n) is 20.3. The van der Waals surface area contributed by atoms with Crippen molar-refractivity contribution in [1.29, 1.82) is 0 Å². The van der Waals surface area contributed by atoms with E-state index in [0.29, 0.717) is 0 Å². The number of hydrogen-bond donors (Lipinski definition) is 0. The Balaban J connectivity index is 0.945. The van der Waals surface area contributed by atoms with Crippen molar-refractivity contribution in [3.8, 4) is 44.5 Å². The average Bonchev–Trinajstić information content (AvgIpc) is 4.01. The van der Waals surface area contributed by atoms with Crippen LogP contribution in [0.1, 0.15) is 47.2 Å². The predicted molar refractivity (Wildman–Crippen MR) is 304 cm³/mol. The van der Waals surface area contributed by atoms with Crippen LogP contribution in [0.5, 0.6) is 0 Å². The van der Waals surface area contributed by atoms with E-state index >= 15 is 0 Å². The largest absolute Gasteiger partial charge is 0.310 e. The van der Waals surface area contributed by atoms with Gasteiger partial charge in [-0.1, -0.05) is 244 Å². The molecule has 0 aromatic heterocycles. The molecule has 0 unspecified atom stereocenters. The predicted octanol–water partition coefficient (Wildman–Crippen LogP) is 14.9. The minimum Gasteiger partial charge on any atom is -0.310 e. The molecule has 0 saturated heterocycles. The molecular weight excluding hydrogens is 883 g/mol. The molecule has 0 fully saturated rings. The van der Waals surface area contributed by atoms with Crippen molar-refractivity contribution in [1.82, 2.24) is 0 Å². The first-order valence-corrected chi connectivity index (χ1v) is 27.3. The minimum absolute atomic E-state index is 0.150. The van der Waals surface area contributed by atoms with Crippen molar-refractivity contribution in [2.45, 2.75) is 24.7 Å². The molecule has 1 nitrogen and oxygen atoms in total. The van der Waals surface area contributed by atoms with Gasteiger partial charge in [0.1, 0.15) is 0 Å². The first-order valence-electron chi connectivity index (χ1n) is 25.3. The van der Waals surface area contributed by atoms with Crippen LogP contribution in [0.3, 0.4) is 0 Å². The SMILES string of the molecule is CC1(C)c2ccccc2-c2ccc(N(c3ccc(-c4ccc5c(c4)C(c4ccccc4)(c4ccccc4)c4ccccc4-5)cc3)c3cccc([Si]4(c5ccccc5)c5ccccc5-c5ccccc54)c3)cc21. The number of fused-ring (bicyclic) bond motifs is 9. The van der Waals surface area contributed by atoms with Crippen LogP contribution in [0.25, 0.3) is 44.5 Å². The number of rotatable bonds is 8. The van der Waals surface area contributed by atoms with Crippen LogP contribution in [-0.4, -0.2) is 8.07 Å². The molecule has 340 valence electrons. The Kier molecular flexibility index (Phi) is 9.55. The molecule has 2 heteroatoms. The summed E-state index contributed by atoms with van der Waals surface area (Å²) in [6, 6.07) is 103. The molecule has 0 bridgehead atoms. The summed E-state index contributed by atoms with van der Waals surface area (Å²) in [4.78, 5) is 2.50. The van der Waals surface area contributed by atoms with Crippen molar-refractivity contribution in [3.63, 3.8) is 0 Å². The Hall–Kier alpha value is -8.56. The highest BCUT2D eigenvalue weighted by Crippen LogP contribution is 2.57. The van der Waals surface area contributed by atoms with Gasteiger partial charge >= 0.3 is 0 Å². The number of hydrogen-bond acceptors (Lipinski definition) is 1. The maximum Gasteiger partial charge on any atom is 0.180 e. The summed E-state index contributed by atoms with van der Waals surface area (Å²) in [5, 5.41) is 5.67. The van der Waals surface area contributed by atoms with Crippen molar-refractivity contribution in [2.24, 2.45) is 0 Å². The highest BCUT2D eigenvalue weighted by Gasteiger charge is 2.49. The summed E-state index contributed by atoms with van der Waals surface area (Å²) in [7, 11) is -2.76. The molecule has 72 heavy (non-hydrogen) atoms. The topological polar surface area (TPSA) is 3.24 Å². The molecule has 0 saturated carbocycles. The van der Waals surface area contributed by atoms with E-state index in [2.05, 4.69) is 292 Å². The Morgan fingerprint density at radius 1 is 0.292 bits per heavy atom. The minimum atomic E-state index is -2.76. The van der Waals surface area contributed by atoms with E-state index < -0.39 is 13.5 Å². The monoisotopic (exact) mass is 933 g/mol. The van der Waals surface area contributed by atoms with Crippen molar-refractivity contribution >= 4 is 45.9 Å². The van der Waals surface area contributed by atoms with E-state index in [-0.39, 0.29) is 5.41 Å². The molecule has 0 amide bonds. The smallest absolute Gasteiger partial charge is 0.180 e. The zero-order valence-corrected chi connectivity index (χ0v) is 41.4. The van der Waals surface area contributed by atoms with Gasteiger partial charge in [-0.3, -0.25) is 0 Å². The van der Waals surface area contributed by atoms with Gasteiger partial charge in [0.15, 0.2) is 8.07 Å². The average molecular weight is 934 g/mol. The molecular formula is C70H51NSi. The summed E-state index contributed by atoms with van der Waals surface area (Å²) in [5.41, 5.74) is 21.0. The molecule has 0 atom stereocenters. The lowest BCUT2D eigenvalue weighted by atomic mass is 9.67. The zero-order valence-electron chi connectivity index (χ0n) is 40.4. The van der Waals surface area contributed by atoms with E-state index in [4.69, 9.17) is 0 Å². The second kappa shape index (κ2) is 16.2. The Bertz CT molecular complexity index is 3810. The van der Waals surface area contributed by atoms with Crippen LogP contribution < -0.4 is 25.6 Å². The third-order valence-electron chi connectivity index (χ3n) is 16.4. The lowest BCUT2D eigenvalue weighted by Crippen LogP contribution is -2.72. The molecule has 0 N–H and O–H groups in total. The maximum atomic E-state index is 2.52. The van der Waals surface area contributed by atoms with Crippen LogP contribution >= 0.6 is 0 Å². The maximum absolute atomic E-state index is 2.76. The van der Waals surface area contributed by atoms with E-state index in [9.17, 15) is 0 Å². The van der Waals surface area contributed by atoms with Crippen molar-refractivity contribution in [2.75, 3.05) is 4.90 Å². The lowest BCUT2D eigenvalue weighted by Gasteiger charge is -2.34. The summed E-state index contributed by atoms with van der Waals surface area (Å²) >= 11 is 0. The van der Waals surface area contributed by atoms with Gasteiger partial charge < -0.3 is 4.90 Å². The number of benzene rings is 11. The Morgan fingerprint density at radius 3 is 1.40 bits per heavy atom. The first kappa shape index (κ1) is 42.3. The summed E-state index contributed by atoms with van der Waals surface area (Å²) in [5.74, 6) is 0. The van der Waals surface area contributed by atoms with Gasteiger partial charge in [0.25, 0.3) is 0 Å². The van der Waals surface area contributed by atoms with Gasteiger partial charge in [0.2, 0.25) is 0 Å². The van der Waals surface area contributed by atoms with Gasteiger partial charge in [-0.05, 0) is 141 Å². The van der Waals surface area contributed by atoms with Crippen LogP contribution in [0.2, 0.25) is 0 Å². The van der Waals surface area contributed by atoms with E-state index in [0.717, 1.165) is 17.1 Å². The first-order chi connectivity index (χ1) is 35.5. The molecule has 2 aliphatic carbocycles. The van der Waals surface area contributed by atoms with Gasteiger partial charge in [-0.25, -0.2) is 0 Å². The number of nitrogens with zero attached hydrogens (tertiary/aromatic N) is 1. The van der Waals surface area contributed by atoms with Crippen molar-refractivity contribution < 1.29 is 0 Å². The highest BCUT2D eigenvalue weighted by atomic mass is 28.3. The molecule has 3 aliphatic rings. The Morgan fingerprint density at radius 2 is 0.750 bits per heavy atom. The van der Waals surface area contributed by atoms with E-state index in [1.165, 1.54) is 98.6 Å². The molecule has 1 heterocycles. The van der Waals surface area contributed by atoms with Gasteiger partial charge in [-0.2, -0.15) is 0 Å². The lowest BCUT2D eigenvalue weighted by molar-refractivity contribution is 0.660. The van der Waals surface area contributed by atoms with Crippen LogP contribution in [-0.2, 0) is 10.8 Å². The Labute approximate surface area is 424 Å². The molecule has 1 aliphatic heterocycles.